The van der Waals surface area contributed by atoms with Crippen molar-refractivity contribution in [3.05, 3.63) is 0 Å². The summed E-state index contributed by atoms with van der Waals surface area (Å²) >= 11 is 0. The fourth-order valence-electron chi connectivity index (χ4n) is 6.25. The Bertz CT molecular complexity index is 792. The number of nitrogens with zero attached hydrogens (tertiary/aromatic N) is 1. The monoisotopic (exact) mass is 748 g/mol. The van der Waals surface area contributed by atoms with Gasteiger partial charge in [0.15, 0.2) is 0 Å². The summed E-state index contributed by atoms with van der Waals surface area (Å²) in [5.41, 5.74) is 0. The van der Waals surface area contributed by atoms with Gasteiger partial charge in [0, 0.05) is 13.0 Å². The van der Waals surface area contributed by atoms with E-state index in [1.54, 1.807) is 0 Å². The van der Waals surface area contributed by atoms with Crippen molar-refractivity contribution in [1.29, 1.82) is 0 Å². The normalized spacial score (nSPS) is 13.8. The first-order chi connectivity index (χ1) is 24.6. The molecule has 0 heterocycles. The number of ether oxygens (including phenoxy) is 2. The van der Waals surface area contributed by atoms with Gasteiger partial charge in [0.1, 0.15) is 19.3 Å². The number of hydrogen-bond acceptors (Lipinski definition) is 7. The van der Waals surface area contributed by atoms with Crippen LogP contribution in [0, 0.1) is 0 Å². The lowest BCUT2D eigenvalue weighted by Crippen LogP contribution is -2.37. The van der Waals surface area contributed by atoms with Gasteiger partial charge in [0.05, 0.1) is 34.4 Å². The molecule has 306 valence electrons. The molecule has 0 saturated heterocycles. The minimum absolute atomic E-state index is 0.0313. The van der Waals surface area contributed by atoms with Crippen LogP contribution in [0.2, 0.25) is 0 Å². The van der Waals surface area contributed by atoms with E-state index >= 15 is 0 Å². The highest BCUT2D eigenvalue weighted by Crippen LogP contribution is 2.38. The Labute approximate surface area is 317 Å². The van der Waals surface area contributed by atoms with Gasteiger partial charge >= 0.3 is 5.97 Å². The van der Waals surface area contributed by atoms with Gasteiger partial charge < -0.3 is 27.9 Å². The third kappa shape index (κ3) is 40.5. The van der Waals surface area contributed by atoms with Crippen LogP contribution in [0.1, 0.15) is 206 Å². The fourth-order valence-corrected chi connectivity index (χ4v) is 6.98. The summed E-state index contributed by atoms with van der Waals surface area (Å²) in [5.74, 6) is -0.329. The second kappa shape index (κ2) is 36.5. The maximum atomic E-state index is 12.6. The highest BCUT2D eigenvalue weighted by atomic mass is 31.2. The molecule has 0 N–H and O–H groups in total. The van der Waals surface area contributed by atoms with E-state index in [0.29, 0.717) is 24.1 Å². The molecule has 0 aromatic heterocycles. The van der Waals surface area contributed by atoms with Crippen LogP contribution in [-0.4, -0.2) is 70.7 Å². The van der Waals surface area contributed by atoms with Crippen molar-refractivity contribution in [2.75, 3.05) is 54.1 Å². The van der Waals surface area contributed by atoms with E-state index in [2.05, 4.69) is 13.8 Å². The van der Waals surface area contributed by atoms with Gasteiger partial charge in [0.2, 0.25) is 0 Å². The summed E-state index contributed by atoms with van der Waals surface area (Å²) in [4.78, 5) is 25.0. The van der Waals surface area contributed by atoms with Crippen LogP contribution >= 0.6 is 7.82 Å². The predicted molar refractivity (Wildman–Crippen MR) is 213 cm³/mol. The second-order valence-corrected chi connectivity index (χ2v) is 17.5. The van der Waals surface area contributed by atoms with Crippen molar-refractivity contribution in [2.24, 2.45) is 0 Å². The third-order valence-corrected chi connectivity index (χ3v) is 10.6. The molecule has 0 radical (unpaired) electrons. The van der Waals surface area contributed by atoms with E-state index in [-0.39, 0.29) is 25.8 Å². The number of carbonyl (C=O) groups excluding carboxylic acids is 1. The Balaban J connectivity index is 4.18. The van der Waals surface area contributed by atoms with E-state index in [1.807, 2.05) is 21.1 Å². The van der Waals surface area contributed by atoms with Crippen molar-refractivity contribution in [3.8, 4) is 0 Å². The van der Waals surface area contributed by atoms with Gasteiger partial charge in [-0.2, -0.15) is 0 Å². The molecule has 51 heavy (non-hydrogen) atoms. The van der Waals surface area contributed by atoms with Crippen LogP contribution in [-0.2, 0) is 27.9 Å². The molecule has 0 aromatic carbocycles. The number of phosphoric acid groups is 1. The quantitative estimate of drug-likeness (QED) is 0.0266. The van der Waals surface area contributed by atoms with Gasteiger partial charge in [-0.15, -0.1) is 0 Å². The summed E-state index contributed by atoms with van der Waals surface area (Å²) in [6, 6.07) is 0. The van der Waals surface area contributed by atoms with Crippen LogP contribution in [0.5, 0.6) is 0 Å². The molecule has 0 fully saturated rings. The first-order valence-corrected chi connectivity index (χ1v) is 23.2. The van der Waals surface area contributed by atoms with Gasteiger partial charge in [-0.05, 0) is 12.8 Å². The van der Waals surface area contributed by atoms with Crippen LogP contribution < -0.4 is 4.89 Å². The standard InChI is InChI=1S/C42H86NO7P/c1-6-8-10-12-14-16-18-20-21-22-24-26-28-30-32-34-37-47-39-41(40-49-51(45,46)48-38-36-43(3,4)5)50-42(44)35-33-31-29-27-25-23-19-17-15-13-11-9-7-2/h41H,6-40H2,1-5H3/t41-/m0/s1. The topological polar surface area (TPSA) is 94.1 Å². The Morgan fingerprint density at radius 1 is 0.529 bits per heavy atom. The maximum Gasteiger partial charge on any atom is 0.306 e. The molecule has 0 rings (SSSR count). The maximum absolute atomic E-state index is 12.6. The smallest absolute Gasteiger partial charge is 0.306 e. The zero-order chi connectivity index (χ0) is 37.7. The van der Waals surface area contributed by atoms with E-state index in [4.69, 9.17) is 18.5 Å². The van der Waals surface area contributed by atoms with Crippen molar-refractivity contribution < 1.29 is 37.3 Å². The van der Waals surface area contributed by atoms with Gasteiger partial charge in [-0.25, -0.2) is 0 Å². The van der Waals surface area contributed by atoms with Crippen LogP contribution in [0.25, 0.3) is 0 Å². The largest absolute Gasteiger partial charge is 0.756 e. The van der Waals surface area contributed by atoms with Gasteiger partial charge in [-0.3, -0.25) is 9.36 Å². The van der Waals surface area contributed by atoms with Crippen molar-refractivity contribution in [1.82, 2.24) is 0 Å². The van der Waals surface area contributed by atoms with Crippen LogP contribution in [0.3, 0.4) is 0 Å². The molecule has 9 heteroatoms. The molecule has 8 nitrogen and oxygen atoms in total. The van der Waals surface area contributed by atoms with Gasteiger partial charge in [-0.1, -0.05) is 187 Å². The zero-order valence-corrected chi connectivity index (χ0v) is 35.5. The number of rotatable bonds is 41. The molecule has 0 spiro atoms. The molecule has 0 aliphatic carbocycles. The second-order valence-electron chi connectivity index (χ2n) is 16.1. The Kier molecular flexibility index (Phi) is 36.1. The summed E-state index contributed by atoms with van der Waals surface area (Å²) < 4.78 is 34.6. The highest BCUT2D eigenvalue weighted by molar-refractivity contribution is 7.45. The number of hydrogen-bond donors (Lipinski definition) is 0. The first kappa shape index (κ1) is 50.5. The fraction of sp³-hybridized carbons (Fsp3) is 0.976. The lowest BCUT2D eigenvalue weighted by Gasteiger charge is -2.28. The molecule has 0 aromatic rings. The minimum atomic E-state index is -4.51. The first-order valence-electron chi connectivity index (χ1n) is 21.8. The number of quaternary nitrogens is 1. The van der Waals surface area contributed by atoms with Crippen LogP contribution in [0.15, 0.2) is 0 Å². The van der Waals surface area contributed by atoms with Crippen molar-refractivity contribution >= 4 is 13.8 Å². The Morgan fingerprint density at radius 2 is 0.902 bits per heavy atom. The third-order valence-electron chi connectivity index (χ3n) is 9.66. The Morgan fingerprint density at radius 3 is 1.29 bits per heavy atom. The number of esters is 1. The number of likely N-dealkylation sites (N-methyl/N-ethyl adjacent to an activating group) is 1. The van der Waals surface area contributed by atoms with Crippen molar-refractivity contribution in [2.45, 2.75) is 213 Å². The predicted octanol–water partition coefficient (Wildman–Crippen LogP) is 11.9. The summed E-state index contributed by atoms with van der Waals surface area (Å²) in [6.07, 6.45) is 36.7. The number of carbonyl (C=O) groups is 1. The van der Waals surface area contributed by atoms with E-state index in [0.717, 1.165) is 32.1 Å². The molecule has 0 aliphatic rings. The summed E-state index contributed by atoms with van der Waals surface area (Å²) in [6.45, 7) is 5.46. The molecule has 2 atom stereocenters. The molecule has 1 unspecified atom stereocenters. The number of phosphoric ester groups is 1. The average molecular weight is 748 g/mol. The molecule has 0 aliphatic heterocycles. The van der Waals surface area contributed by atoms with Crippen molar-refractivity contribution in [3.63, 3.8) is 0 Å². The van der Waals surface area contributed by atoms with E-state index in [1.165, 1.54) is 154 Å². The number of unbranched alkanes of at least 4 members (excludes halogenated alkanes) is 27. The van der Waals surface area contributed by atoms with E-state index in [9.17, 15) is 14.3 Å². The Hall–Kier alpha value is -0.500. The molecular weight excluding hydrogens is 661 g/mol. The van der Waals surface area contributed by atoms with E-state index < -0.39 is 13.9 Å². The minimum Gasteiger partial charge on any atom is -0.756 e. The molecule has 0 saturated carbocycles. The lowest BCUT2D eigenvalue weighted by atomic mass is 10.0. The summed E-state index contributed by atoms with van der Waals surface area (Å²) in [5, 5.41) is 0. The molecule has 0 bridgehead atoms. The molecular formula is C42H86NO7P. The summed E-state index contributed by atoms with van der Waals surface area (Å²) in [7, 11) is 1.37. The average Bonchev–Trinajstić information content (AvgIpc) is 3.08. The molecule has 0 amide bonds. The lowest BCUT2D eigenvalue weighted by molar-refractivity contribution is -0.870. The highest BCUT2D eigenvalue weighted by Gasteiger charge is 2.20. The SMILES string of the molecule is CCCCCCCCCCCCCCCCCCOC[C@@H](COP(=O)([O-])OCC[N+](C)(C)C)OC(=O)CCCCCCCCCCCCCCC. The van der Waals surface area contributed by atoms with Gasteiger partial charge in [0.25, 0.3) is 7.82 Å². The zero-order valence-electron chi connectivity index (χ0n) is 34.6. The van der Waals surface area contributed by atoms with Crippen LogP contribution in [0.4, 0.5) is 0 Å².